The standard InChI is InChI=1S/C15H22N2O/c1-17-9-3-2-4-13(17)11-18-14-6-5-12-7-8-16-15(12)10-14/h5-6,10,13,16H,2-4,7-9,11H2,1H3. The number of anilines is 1. The molecule has 1 N–H and O–H groups in total. The van der Waals surface area contributed by atoms with Crippen molar-refractivity contribution in [3.8, 4) is 5.75 Å². The Morgan fingerprint density at radius 2 is 2.33 bits per heavy atom. The van der Waals surface area contributed by atoms with E-state index in [-0.39, 0.29) is 0 Å². The molecule has 0 radical (unpaired) electrons. The summed E-state index contributed by atoms with van der Waals surface area (Å²) in [7, 11) is 2.21. The molecular weight excluding hydrogens is 224 g/mol. The minimum Gasteiger partial charge on any atom is -0.492 e. The van der Waals surface area contributed by atoms with E-state index in [9.17, 15) is 0 Å². The van der Waals surface area contributed by atoms with Gasteiger partial charge in [-0.05, 0) is 44.5 Å². The highest BCUT2D eigenvalue weighted by Gasteiger charge is 2.19. The van der Waals surface area contributed by atoms with Crippen molar-refractivity contribution in [3.05, 3.63) is 23.8 Å². The molecule has 1 saturated heterocycles. The molecule has 0 amide bonds. The lowest BCUT2D eigenvalue weighted by atomic mass is 10.0. The van der Waals surface area contributed by atoms with Gasteiger partial charge in [0.2, 0.25) is 0 Å². The van der Waals surface area contributed by atoms with Gasteiger partial charge in [-0.2, -0.15) is 0 Å². The molecule has 2 heterocycles. The maximum Gasteiger partial charge on any atom is 0.121 e. The fraction of sp³-hybridized carbons (Fsp3) is 0.600. The van der Waals surface area contributed by atoms with Gasteiger partial charge < -0.3 is 15.0 Å². The van der Waals surface area contributed by atoms with Crippen LogP contribution in [0.25, 0.3) is 0 Å². The van der Waals surface area contributed by atoms with Gasteiger partial charge >= 0.3 is 0 Å². The highest BCUT2D eigenvalue weighted by molar-refractivity contribution is 5.58. The van der Waals surface area contributed by atoms with Crippen molar-refractivity contribution in [2.45, 2.75) is 31.7 Å². The monoisotopic (exact) mass is 246 g/mol. The Morgan fingerprint density at radius 3 is 3.22 bits per heavy atom. The summed E-state index contributed by atoms with van der Waals surface area (Å²) in [4.78, 5) is 2.43. The third-order valence-electron chi connectivity index (χ3n) is 4.16. The third kappa shape index (κ3) is 2.46. The van der Waals surface area contributed by atoms with E-state index in [1.807, 2.05) is 0 Å². The largest absolute Gasteiger partial charge is 0.492 e. The summed E-state index contributed by atoms with van der Waals surface area (Å²) >= 11 is 0. The number of benzene rings is 1. The number of rotatable bonds is 3. The number of likely N-dealkylation sites (N-methyl/N-ethyl adjacent to an activating group) is 1. The third-order valence-corrected chi connectivity index (χ3v) is 4.16. The molecule has 1 aromatic carbocycles. The van der Waals surface area contributed by atoms with Crippen molar-refractivity contribution in [1.29, 1.82) is 0 Å². The topological polar surface area (TPSA) is 24.5 Å². The van der Waals surface area contributed by atoms with Crippen molar-refractivity contribution in [2.75, 3.05) is 32.1 Å². The summed E-state index contributed by atoms with van der Waals surface area (Å²) in [5.74, 6) is 1.00. The van der Waals surface area contributed by atoms with Gasteiger partial charge in [-0.3, -0.25) is 0 Å². The average molecular weight is 246 g/mol. The number of hydrogen-bond acceptors (Lipinski definition) is 3. The summed E-state index contributed by atoms with van der Waals surface area (Å²) < 4.78 is 5.96. The smallest absolute Gasteiger partial charge is 0.121 e. The summed E-state index contributed by atoms with van der Waals surface area (Å²) in [6, 6.07) is 7.02. The number of fused-ring (bicyclic) bond motifs is 1. The molecule has 1 atom stereocenters. The van der Waals surface area contributed by atoms with Crippen LogP contribution in [-0.4, -0.2) is 37.7 Å². The van der Waals surface area contributed by atoms with Gasteiger partial charge in [0, 0.05) is 24.3 Å². The molecule has 1 fully saturated rings. The van der Waals surface area contributed by atoms with E-state index in [1.54, 1.807) is 0 Å². The minimum absolute atomic E-state index is 0.583. The first kappa shape index (κ1) is 11.8. The fourth-order valence-corrected chi connectivity index (χ4v) is 2.91. The number of hydrogen-bond donors (Lipinski definition) is 1. The Balaban J connectivity index is 1.59. The lowest BCUT2D eigenvalue weighted by Crippen LogP contribution is -2.40. The molecule has 3 heteroatoms. The fourth-order valence-electron chi connectivity index (χ4n) is 2.91. The summed E-state index contributed by atoms with van der Waals surface area (Å²) in [5, 5.41) is 3.40. The number of nitrogens with zero attached hydrogens (tertiary/aromatic N) is 1. The van der Waals surface area contributed by atoms with Crippen LogP contribution >= 0.6 is 0 Å². The van der Waals surface area contributed by atoms with E-state index in [0.29, 0.717) is 6.04 Å². The molecule has 1 unspecified atom stereocenters. The van der Waals surface area contributed by atoms with Crippen molar-refractivity contribution in [2.24, 2.45) is 0 Å². The molecule has 18 heavy (non-hydrogen) atoms. The van der Waals surface area contributed by atoms with Gasteiger partial charge in [0.1, 0.15) is 12.4 Å². The zero-order chi connectivity index (χ0) is 12.4. The van der Waals surface area contributed by atoms with Crippen LogP contribution in [0.1, 0.15) is 24.8 Å². The molecule has 3 nitrogen and oxygen atoms in total. The Kier molecular flexibility index (Phi) is 3.41. The summed E-state index contributed by atoms with van der Waals surface area (Å²) in [6.45, 7) is 3.08. The maximum absolute atomic E-state index is 5.96. The predicted octanol–water partition coefficient (Wildman–Crippen LogP) is 2.52. The molecule has 1 aromatic rings. The second-order valence-corrected chi connectivity index (χ2v) is 5.44. The molecule has 2 aliphatic heterocycles. The van der Waals surface area contributed by atoms with E-state index in [2.05, 4.69) is 35.5 Å². The van der Waals surface area contributed by atoms with Crippen LogP contribution < -0.4 is 10.1 Å². The van der Waals surface area contributed by atoms with Crippen LogP contribution in [0, 0.1) is 0 Å². The van der Waals surface area contributed by atoms with Crippen LogP contribution in [0.3, 0.4) is 0 Å². The first-order valence-electron chi connectivity index (χ1n) is 7.03. The molecule has 0 bridgehead atoms. The van der Waals surface area contributed by atoms with Crippen molar-refractivity contribution >= 4 is 5.69 Å². The molecule has 0 aromatic heterocycles. The second kappa shape index (κ2) is 5.19. The lowest BCUT2D eigenvalue weighted by Gasteiger charge is -2.32. The van der Waals surface area contributed by atoms with E-state index >= 15 is 0 Å². The summed E-state index contributed by atoms with van der Waals surface area (Å²) in [5.41, 5.74) is 2.67. The van der Waals surface area contributed by atoms with Gasteiger partial charge in [0.25, 0.3) is 0 Å². The highest BCUT2D eigenvalue weighted by Crippen LogP contribution is 2.27. The van der Waals surface area contributed by atoms with Crippen molar-refractivity contribution in [1.82, 2.24) is 4.90 Å². The van der Waals surface area contributed by atoms with Crippen molar-refractivity contribution in [3.63, 3.8) is 0 Å². The molecule has 0 saturated carbocycles. The average Bonchev–Trinajstić information content (AvgIpc) is 2.85. The van der Waals surface area contributed by atoms with E-state index in [4.69, 9.17) is 4.74 Å². The van der Waals surface area contributed by atoms with E-state index < -0.39 is 0 Å². The SMILES string of the molecule is CN1CCCCC1COc1ccc2c(c1)NCC2. The Bertz CT molecular complexity index is 419. The van der Waals surface area contributed by atoms with Crippen LogP contribution in [0.15, 0.2) is 18.2 Å². The Morgan fingerprint density at radius 1 is 1.39 bits per heavy atom. The molecule has 3 rings (SSSR count). The van der Waals surface area contributed by atoms with E-state index in [1.165, 1.54) is 37.1 Å². The maximum atomic E-state index is 5.96. The van der Waals surface area contributed by atoms with Gasteiger partial charge in [-0.25, -0.2) is 0 Å². The Hall–Kier alpha value is -1.22. The number of likely N-dealkylation sites (tertiary alicyclic amines) is 1. The highest BCUT2D eigenvalue weighted by atomic mass is 16.5. The van der Waals surface area contributed by atoms with Gasteiger partial charge in [-0.1, -0.05) is 12.5 Å². The Labute approximate surface area is 109 Å². The quantitative estimate of drug-likeness (QED) is 0.887. The summed E-state index contributed by atoms with van der Waals surface area (Å²) in [6.07, 6.45) is 5.07. The van der Waals surface area contributed by atoms with Crippen LogP contribution in [-0.2, 0) is 6.42 Å². The molecular formula is C15H22N2O. The van der Waals surface area contributed by atoms with Gasteiger partial charge in [-0.15, -0.1) is 0 Å². The van der Waals surface area contributed by atoms with Crippen molar-refractivity contribution < 1.29 is 4.74 Å². The zero-order valence-electron chi connectivity index (χ0n) is 11.1. The van der Waals surface area contributed by atoms with Gasteiger partial charge in [0.05, 0.1) is 0 Å². The molecule has 0 aliphatic carbocycles. The lowest BCUT2D eigenvalue weighted by molar-refractivity contribution is 0.125. The van der Waals surface area contributed by atoms with Crippen LogP contribution in [0.4, 0.5) is 5.69 Å². The van der Waals surface area contributed by atoms with Gasteiger partial charge in [0.15, 0.2) is 0 Å². The van der Waals surface area contributed by atoms with Crippen LogP contribution in [0.5, 0.6) is 5.75 Å². The first-order chi connectivity index (χ1) is 8.83. The molecule has 2 aliphatic rings. The van der Waals surface area contributed by atoms with E-state index in [0.717, 1.165) is 25.3 Å². The predicted molar refractivity (Wildman–Crippen MR) is 74.4 cm³/mol. The number of piperidine rings is 1. The molecule has 0 spiro atoms. The van der Waals surface area contributed by atoms with Crippen LogP contribution in [0.2, 0.25) is 0 Å². The number of ether oxygens (including phenoxy) is 1. The molecule has 98 valence electrons. The number of nitrogens with one attached hydrogen (secondary N) is 1. The second-order valence-electron chi connectivity index (χ2n) is 5.44. The minimum atomic E-state index is 0.583. The normalized spacial score (nSPS) is 23.5. The first-order valence-corrected chi connectivity index (χ1v) is 7.03. The zero-order valence-corrected chi connectivity index (χ0v) is 11.1.